The number of hydrogen-bond acceptors (Lipinski definition) is 5. The Bertz CT molecular complexity index is 1220. The first kappa shape index (κ1) is 22.0. The number of carbonyl (C=O) groups excluding carboxylic acids is 1. The number of amides is 1. The van der Waals surface area contributed by atoms with Crippen LogP contribution >= 0.6 is 0 Å². The summed E-state index contributed by atoms with van der Waals surface area (Å²) in [4.78, 5) is 12.7. The Balaban J connectivity index is 1.78. The first-order valence-electron chi connectivity index (χ1n) is 9.50. The molecular weight excluding hydrogens is 414 g/mol. The normalized spacial score (nSPS) is 10.8. The first-order valence-corrected chi connectivity index (χ1v) is 11.0. The summed E-state index contributed by atoms with van der Waals surface area (Å²) in [6, 6.07) is 22.1. The Kier molecular flexibility index (Phi) is 7.03. The van der Waals surface area contributed by atoms with Crippen molar-refractivity contribution in [2.24, 2.45) is 0 Å². The van der Waals surface area contributed by atoms with Crippen molar-refractivity contribution in [3.63, 3.8) is 0 Å². The summed E-state index contributed by atoms with van der Waals surface area (Å²) < 4.78 is 32.9. The van der Waals surface area contributed by atoms with Crippen LogP contribution in [0.5, 0.6) is 11.5 Å². The van der Waals surface area contributed by atoms with Crippen LogP contribution in [0.15, 0.2) is 77.7 Å². The fourth-order valence-corrected chi connectivity index (χ4v) is 3.79. The molecule has 31 heavy (non-hydrogen) atoms. The van der Waals surface area contributed by atoms with Gasteiger partial charge in [-0.1, -0.05) is 35.9 Å². The van der Waals surface area contributed by atoms with Crippen LogP contribution < -0.4 is 14.8 Å². The highest BCUT2D eigenvalue weighted by Crippen LogP contribution is 2.30. The number of nitriles is 1. The van der Waals surface area contributed by atoms with Crippen molar-refractivity contribution in [3.05, 3.63) is 83.9 Å². The van der Waals surface area contributed by atoms with Crippen molar-refractivity contribution in [1.82, 2.24) is 4.72 Å². The number of hydrogen-bond donors (Lipinski definition) is 2. The molecular formula is C23H21N3O4S. The van der Waals surface area contributed by atoms with Gasteiger partial charge in [-0.2, -0.15) is 5.26 Å². The molecule has 3 rings (SSSR count). The molecule has 0 saturated carbocycles. The van der Waals surface area contributed by atoms with Crippen LogP contribution in [0.2, 0.25) is 0 Å². The second kappa shape index (κ2) is 9.89. The van der Waals surface area contributed by atoms with E-state index in [1.165, 1.54) is 24.3 Å². The molecule has 0 aliphatic carbocycles. The molecule has 0 aromatic heterocycles. The van der Waals surface area contributed by atoms with Crippen LogP contribution in [0.4, 0.5) is 5.69 Å². The summed E-state index contributed by atoms with van der Waals surface area (Å²) >= 11 is 0. The monoisotopic (exact) mass is 435 g/mol. The lowest BCUT2D eigenvalue weighted by Crippen LogP contribution is -2.25. The molecule has 0 spiro atoms. The number of nitrogens with zero attached hydrogens (tertiary/aromatic N) is 1. The van der Waals surface area contributed by atoms with Crippen LogP contribution in [-0.4, -0.2) is 20.9 Å². The number of anilines is 1. The molecule has 0 aliphatic rings. The quantitative estimate of drug-likeness (QED) is 0.515. The second-order valence-electron chi connectivity index (χ2n) is 6.70. The minimum absolute atomic E-state index is 0.00101. The van der Waals surface area contributed by atoms with E-state index in [9.17, 15) is 13.2 Å². The Morgan fingerprint density at radius 2 is 1.77 bits per heavy atom. The first-order chi connectivity index (χ1) is 14.9. The number of benzene rings is 3. The summed E-state index contributed by atoms with van der Waals surface area (Å²) in [6.45, 7) is 1.98. The highest BCUT2D eigenvalue weighted by atomic mass is 32.2. The molecule has 0 aliphatic heterocycles. The van der Waals surface area contributed by atoms with Gasteiger partial charge in [0.25, 0.3) is 5.91 Å². The Morgan fingerprint density at radius 1 is 1.03 bits per heavy atom. The summed E-state index contributed by atoms with van der Waals surface area (Å²) in [5.74, 6) is 0.611. The van der Waals surface area contributed by atoms with E-state index in [0.29, 0.717) is 17.2 Å². The number of rotatable bonds is 8. The molecule has 7 nitrogen and oxygen atoms in total. The molecule has 3 aromatic rings. The van der Waals surface area contributed by atoms with Gasteiger partial charge < -0.3 is 10.1 Å². The van der Waals surface area contributed by atoms with Crippen LogP contribution in [0, 0.1) is 18.3 Å². The maximum absolute atomic E-state index is 12.8. The molecule has 158 valence electrons. The van der Waals surface area contributed by atoms with E-state index in [4.69, 9.17) is 10.00 Å². The smallest absolute Gasteiger partial charge is 0.255 e. The van der Waals surface area contributed by atoms with Crippen molar-refractivity contribution >= 4 is 21.6 Å². The van der Waals surface area contributed by atoms with E-state index >= 15 is 0 Å². The fraction of sp³-hybridized carbons (Fsp3) is 0.130. The van der Waals surface area contributed by atoms with E-state index in [1.54, 1.807) is 24.3 Å². The third-order valence-corrected chi connectivity index (χ3v) is 5.78. The van der Waals surface area contributed by atoms with Gasteiger partial charge in [0.05, 0.1) is 16.7 Å². The highest BCUT2D eigenvalue weighted by molar-refractivity contribution is 7.89. The lowest BCUT2D eigenvalue weighted by atomic mass is 10.2. The van der Waals surface area contributed by atoms with Crippen LogP contribution in [0.25, 0.3) is 0 Å². The van der Waals surface area contributed by atoms with Gasteiger partial charge in [-0.3, -0.25) is 4.79 Å². The summed E-state index contributed by atoms with van der Waals surface area (Å²) in [6.07, 6.45) is 0.0528. The molecule has 0 fully saturated rings. The average molecular weight is 436 g/mol. The predicted octanol–water partition coefficient (Wildman–Crippen LogP) is 4.23. The van der Waals surface area contributed by atoms with Crippen molar-refractivity contribution < 1.29 is 17.9 Å². The molecule has 8 heteroatoms. The SMILES string of the molecule is Cc1ccc(Oc2ccccc2NC(=O)c2cccc(S(=O)(=O)NCCC#N)c2)cc1. The lowest BCUT2D eigenvalue weighted by Gasteiger charge is -2.13. The standard InChI is InChI=1S/C23H21N3O4S/c1-17-10-12-19(13-11-17)30-22-9-3-2-8-21(22)26-23(27)18-6-4-7-20(16-18)31(28,29)25-15-5-14-24/h2-4,6-13,16,25H,5,15H2,1H3,(H,26,27). The van der Waals surface area contributed by atoms with Crippen LogP contribution in [0.1, 0.15) is 22.3 Å². The number of aryl methyl sites for hydroxylation is 1. The van der Waals surface area contributed by atoms with Gasteiger partial charge in [-0.25, -0.2) is 13.1 Å². The summed E-state index contributed by atoms with van der Waals surface area (Å²) in [5.41, 5.74) is 1.73. The number of ether oxygens (including phenoxy) is 1. The van der Waals surface area contributed by atoms with E-state index in [0.717, 1.165) is 5.56 Å². The third-order valence-electron chi connectivity index (χ3n) is 4.32. The summed E-state index contributed by atoms with van der Waals surface area (Å²) in [5, 5.41) is 11.3. The summed E-state index contributed by atoms with van der Waals surface area (Å²) in [7, 11) is -3.82. The maximum atomic E-state index is 12.8. The molecule has 0 bridgehead atoms. The number of carbonyl (C=O) groups is 1. The van der Waals surface area contributed by atoms with Crippen LogP contribution in [-0.2, 0) is 10.0 Å². The van der Waals surface area contributed by atoms with Crippen LogP contribution in [0.3, 0.4) is 0 Å². The topological polar surface area (TPSA) is 108 Å². The molecule has 0 unspecified atom stereocenters. The molecule has 0 atom stereocenters. The predicted molar refractivity (Wildman–Crippen MR) is 118 cm³/mol. The second-order valence-corrected chi connectivity index (χ2v) is 8.47. The number of sulfonamides is 1. The van der Waals surface area contributed by atoms with Crippen molar-refractivity contribution in [3.8, 4) is 17.6 Å². The zero-order chi connectivity index (χ0) is 22.3. The minimum Gasteiger partial charge on any atom is -0.455 e. The van der Waals surface area contributed by atoms with E-state index in [2.05, 4.69) is 10.0 Å². The Labute approximate surface area is 181 Å². The molecule has 0 saturated heterocycles. The van der Waals surface area contributed by atoms with E-state index in [-0.39, 0.29) is 23.4 Å². The fourth-order valence-electron chi connectivity index (χ4n) is 2.72. The number of para-hydroxylation sites is 2. The molecule has 3 aromatic carbocycles. The van der Waals surface area contributed by atoms with Crippen molar-refractivity contribution in [1.29, 1.82) is 5.26 Å². The lowest BCUT2D eigenvalue weighted by molar-refractivity contribution is 0.102. The van der Waals surface area contributed by atoms with E-state index in [1.807, 2.05) is 37.3 Å². The van der Waals surface area contributed by atoms with Gasteiger partial charge in [0.15, 0.2) is 5.75 Å². The van der Waals surface area contributed by atoms with Gasteiger partial charge in [0.2, 0.25) is 10.0 Å². The molecule has 0 heterocycles. The minimum atomic E-state index is -3.82. The zero-order valence-corrected chi connectivity index (χ0v) is 17.6. The largest absolute Gasteiger partial charge is 0.455 e. The molecule has 1 amide bonds. The van der Waals surface area contributed by atoms with Crippen molar-refractivity contribution in [2.75, 3.05) is 11.9 Å². The Hall–Kier alpha value is -3.67. The molecule has 2 N–H and O–H groups in total. The highest BCUT2D eigenvalue weighted by Gasteiger charge is 2.17. The Morgan fingerprint density at radius 3 is 2.52 bits per heavy atom. The van der Waals surface area contributed by atoms with Gasteiger partial charge in [-0.15, -0.1) is 0 Å². The van der Waals surface area contributed by atoms with Gasteiger partial charge in [0, 0.05) is 18.5 Å². The molecule has 0 radical (unpaired) electrons. The maximum Gasteiger partial charge on any atom is 0.255 e. The van der Waals surface area contributed by atoms with Gasteiger partial charge in [-0.05, 0) is 49.4 Å². The van der Waals surface area contributed by atoms with Crippen molar-refractivity contribution in [2.45, 2.75) is 18.2 Å². The average Bonchev–Trinajstić information content (AvgIpc) is 2.77. The van der Waals surface area contributed by atoms with E-state index < -0.39 is 15.9 Å². The third kappa shape index (κ3) is 5.92. The van der Waals surface area contributed by atoms with Gasteiger partial charge in [0.1, 0.15) is 5.75 Å². The van der Waals surface area contributed by atoms with Gasteiger partial charge >= 0.3 is 0 Å². The zero-order valence-electron chi connectivity index (χ0n) is 16.8. The number of nitrogens with one attached hydrogen (secondary N) is 2.